The SMILES string of the molecule is CCC1(C(=O)C2CC(C)(C)OC2(C)C)CCCC1. The van der Waals surface area contributed by atoms with Crippen LogP contribution in [0.25, 0.3) is 0 Å². The highest BCUT2D eigenvalue weighted by Gasteiger charge is 2.54. The Morgan fingerprint density at radius 2 is 1.72 bits per heavy atom. The van der Waals surface area contributed by atoms with Gasteiger partial charge in [-0.25, -0.2) is 0 Å². The molecule has 104 valence electrons. The van der Waals surface area contributed by atoms with Crippen molar-refractivity contribution in [2.24, 2.45) is 11.3 Å². The summed E-state index contributed by atoms with van der Waals surface area (Å²) in [6.45, 7) is 10.6. The molecule has 2 nitrogen and oxygen atoms in total. The van der Waals surface area contributed by atoms with Gasteiger partial charge < -0.3 is 4.74 Å². The van der Waals surface area contributed by atoms with E-state index in [1.165, 1.54) is 12.8 Å². The molecule has 1 aliphatic carbocycles. The number of ketones is 1. The van der Waals surface area contributed by atoms with E-state index < -0.39 is 0 Å². The van der Waals surface area contributed by atoms with Crippen molar-refractivity contribution >= 4 is 5.78 Å². The van der Waals surface area contributed by atoms with Crippen LogP contribution in [-0.2, 0) is 9.53 Å². The third-order valence-corrected chi connectivity index (χ3v) is 5.15. The summed E-state index contributed by atoms with van der Waals surface area (Å²) in [6.07, 6.45) is 6.50. The largest absolute Gasteiger partial charge is 0.369 e. The van der Waals surface area contributed by atoms with Gasteiger partial charge >= 0.3 is 0 Å². The number of ether oxygens (including phenoxy) is 1. The molecule has 1 unspecified atom stereocenters. The first-order chi connectivity index (χ1) is 8.22. The monoisotopic (exact) mass is 252 g/mol. The topological polar surface area (TPSA) is 26.3 Å². The maximum absolute atomic E-state index is 13.0. The van der Waals surface area contributed by atoms with Crippen molar-refractivity contribution in [1.29, 1.82) is 0 Å². The highest BCUT2D eigenvalue weighted by atomic mass is 16.5. The van der Waals surface area contributed by atoms with Gasteiger partial charge in [0, 0.05) is 11.3 Å². The summed E-state index contributed by atoms with van der Waals surface area (Å²) in [5, 5.41) is 0. The molecule has 0 spiro atoms. The van der Waals surface area contributed by atoms with Crippen molar-refractivity contribution in [3.05, 3.63) is 0 Å². The molecule has 0 amide bonds. The molecule has 2 fully saturated rings. The third-order valence-electron chi connectivity index (χ3n) is 5.15. The summed E-state index contributed by atoms with van der Waals surface area (Å²) in [4.78, 5) is 13.0. The van der Waals surface area contributed by atoms with Crippen LogP contribution < -0.4 is 0 Å². The summed E-state index contributed by atoms with van der Waals surface area (Å²) >= 11 is 0. The molecule has 1 heterocycles. The van der Waals surface area contributed by atoms with Crippen molar-refractivity contribution in [3.63, 3.8) is 0 Å². The molecule has 2 aliphatic rings. The average molecular weight is 252 g/mol. The molecule has 1 atom stereocenters. The molecule has 0 aromatic carbocycles. The highest BCUT2D eigenvalue weighted by molar-refractivity contribution is 5.88. The van der Waals surface area contributed by atoms with Crippen LogP contribution in [0.5, 0.6) is 0 Å². The van der Waals surface area contributed by atoms with Crippen LogP contribution in [0.4, 0.5) is 0 Å². The number of Topliss-reactive ketones (excluding diaryl/α,β-unsaturated/α-hetero) is 1. The predicted molar refractivity (Wildman–Crippen MR) is 73.5 cm³/mol. The molecule has 1 saturated heterocycles. The van der Waals surface area contributed by atoms with Gasteiger partial charge in [-0.05, 0) is 53.4 Å². The maximum atomic E-state index is 13.0. The molecule has 1 saturated carbocycles. The van der Waals surface area contributed by atoms with E-state index in [-0.39, 0.29) is 22.5 Å². The van der Waals surface area contributed by atoms with Crippen molar-refractivity contribution < 1.29 is 9.53 Å². The Bertz CT molecular complexity index is 335. The highest BCUT2D eigenvalue weighted by Crippen LogP contribution is 2.50. The standard InChI is InChI=1S/C16H28O2/c1-6-16(9-7-8-10-16)13(17)12-11-14(2,3)18-15(12,4)5/h12H,6-11H2,1-5H3. The van der Waals surface area contributed by atoms with E-state index in [4.69, 9.17) is 4.74 Å². The zero-order valence-electron chi connectivity index (χ0n) is 12.6. The fraction of sp³-hybridized carbons (Fsp3) is 0.938. The number of rotatable bonds is 3. The van der Waals surface area contributed by atoms with Crippen LogP contribution in [0, 0.1) is 11.3 Å². The van der Waals surface area contributed by atoms with Gasteiger partial charge in [-0.2, -0.15) is 0 Å². The predicted octanol–water partition coefficient (Wildman–Crippen LogP) is 4.12. The summed E-state index contributed by atoms with van der Waals surface area (Å²) in [5.74, 6) is 0.559. The zero-order valence-corrected chi connectivity index (χ0v) is 12.6. The van der Waals surface area contributed by atoms with Crippen molar-refractivity contribution in [2.75, 3.05) is 0 Å². The number of carbonyl (C=O) groups excluding carboxylic acids is 1. The Balaban J connectivity index is 2.23. The number of hydrogen-bond acceptors (Lipinski definition) is 2. The van der Waals surface area contributed by atoms with Gasteiger partial charge in [0.25, 0.3) is 0 Å². The van der Waals surface area contributed by atoms with Crippen molar-refractivity contribution in [1.82, 2.24) is 0 Å². The van der Waals surface area contributed by atoms with E-state index in [2.05, 4.69) is 34.6 Å². The van der Waals surface area contributed by atoms with E-state index in [1.807, 2.05) is 0 Å². The van der Waals surface area contributed by atoms with Crippen LogP contribution in [0.1, 0.15) is 73.1 Å². The van der Waals surface area contributed by atoms with Crippen LogP contribution in [0.3, 0.4) is 0 Å². The van der Waals surface area contributed by atoms with Gasteiger partial charge in [-0.1, -0.05) is 19.8 Å². The minimum atomic E-state index is -0.300. The molecule has 0 aromatic heterocycles. The third kappa shape index (κ3) is 2.24. The molecule has 2 rings (SSSR count). The van der Waals surface area contributed by atoms with Crippen molar-refractivity contribution in [2.45, 2.75) is 84.3 Å². The first-order valence-corrected chi connectivity index (χ1v) is 7.47. The lowest BCUT2D eigenvalue weighted by molar-refractivity contribution is -0.139. The lowest BCUT2D eigenvalue weighted by atomic mass is 9.69. The average Bonchev–Trinajstić information content (AvgIpc) is 2.80. The molecule has 0 aromatic rings. The Kier molecular flexibility index (Phi) is 3.38. The van der Waals surface area contributed by atoms with E-state index >= 15 is 0 Å². The number of carbonyl (C=O) groups is 1. The second-order valence-corrected chi connectivity index (χ2v) is 7.43. The molecule has 0 bridgehead atoms. The minimum absolute atomic E-state index is 0.0360. The quantitative estimate of drug-likeness (QED) is 0.755. The van der Waals surface area contributed by atoms with Gasteiger partial charge in [0.05, 0.1) is 11.2 Å². The van der Waals surface area contributed by atoms with Crippen LogP contribution >= 0.6 is 0 Å². The van der Waals surface area contributed by atoms with Gasteiger partial charge in [-0.15, -0.1) is 0 Å². The molecule has 18 heavy (non-hydrogen) atoms. The zero-order chi connectivity index (χ0) is 13.6. The maximum Gasteiger partial charge on any atom is 0.145 e. The van der Waals surface area contributed by atoms with Crippen LogP contribution in [0.2, 0.25) is 0 Å². The van der Waals surface area contributed by atoms with E-state index in [0.717, 1.165) is 25.7 Å². The summed E-state index contributed by atoms with van der Waals surface area (Å²) in [6, 6.07) is 0. The smallest absolute Gasteiger partial charge is 0.145 e. The second-order valence-electron chi connectivity index (χ2n) is 7.43. The van der Waals surface area contributed by atoms with Crippen LogP contribution in [0.15, 0.2) is 0 Å². The molecule has 0 radical (unpaired) electrons. The van der Waals surface area contributed by atoms with E-state index in [1.54, 1.807) is 0 Å². The summed E-state index contributed by atoms with van der Waals surface area (Å²) in [7, 11) is 0. The van der Waals surface area contributed by atoms with Crippen molar-refractivity contribution in [3.8, 4) is 0 Å². The Morgan fingerprint density at radius 3 is 2.11 bits per heavy atom. The number of hydrogen-bond donors (Lipinski definition) is 0. The summed E-state index contributed by atoms with van der Waals surface area (Å²) in [5.41, 5.74) is -0.492. The van der Waals surface area contributed by atoms with Gasteiger partial charge in [0.1, 0.15) is 5.78 Å². The second kappa shape index (κ2) is 4.33. The Hall–Kier alpha value is -0.370. The minimum Gasteiger partial charge on any atom is -0.369 e. The molecular formula is C16H28O2. The molecule has 1 aliphatic heterocycles. The fourth-order valence-electron chi connectivity index (χ4n) is 4.17. The first kappa shape index (κ1) is 14.0. The van der Waals surface area contributed by atoms with E-state index in [9.17, 15) is 4.79 Å². The van der Waals surface area contributed by atoms with Gasteiger partial charge in [-0.3, -0.25) is 4.79 Å². The Morgan fingerprint density at radius 1 is 1.17 bits per heavy atom. The normalized spacial score (nSPS) is 32.6. The lowest BCUT2D eigenvalue weighted by Gasteiger charge is -2.34. The van der Waals surface area contributed by atoms with E-state index in [0.29, 0.717) is 5.78 Å². The van der Waals surface area contributed by atoms with Gasteiger partial charge in [0.2, 0.25) is 0 Å². The van der Waals surface area contributed by atoms with Gasteiger partial charge in [0.15, 0.2) is 0 Å². The fourth-order valence-corrected chi connectivity index (χ4v) is 4.17. The first-order valence-electron chi connectivity index (χ1n) is 7.47. The molecule has 2 heteroatoms. The summed E-state index contributed by atoms with van der Waals surface area (Å²) < 4.78 is 6.10. The molecule has 0 N–H and O–H groups in total. The lowest BCUT2D eigenvalue weighted by Crippen LogP contribution is -2.41. The molecular weight excluding hydrogens is 224 g/mol. The van der Waals surface area contributed by atoms with Crippen LogP contribution in [-0.4, -0.2) is 17.0 Å². The Labute approximate surface area is 111 Å².